The summed E-state index contributed by atoms with van der Waals surface area (Å²) in [5, 5.41) is 4.28. The molecule has 0 bridgehead atoms. The van der Waals surface area contributed by atoms with Crippen molar-refractivity contribution in [3.05, 3.63) is 72.8 Å². The maximum absolute atomic E-state index is 6.48. The van der Waals surface area contributed by atoms with Gasteiger partial charge in [-0.25, -0.2) is 9.50 Å². The Balaban J connectivity index is 0.000000449. The second-order valence-electron chi connectivity index (χ2n) is 7.36. The highest BCUT2D eigenvalue weighted by Gasteiger charge is 2.39. The maximum Gasteiger partial charge on any atom is 0.155 e. The van der Waals surface area contributed by atoms with E-state index in [9.17, 15) is 0 Å². The highest BCUT2D eigenvalue weighted by Crippen LogP contribution is 2.41. The third kappa shape index (κ3) is 5.33. The van der Waals surface area contributed by atoms with Crippen molar-refractivity contribution in [2.45, 2.75) is 65.3 Å². The molecule has 2 aliphatic carbocycles. The fourth-order valence-electron chi connectivity index (χ4n) is 3.62. The molecule has 2 N–H and O–H groups in total. The molecule has 1 saturated carbocycles. The molecule has 0 amide bonds. The number of aromatic nitrogens is 3. The molecule has 0 spiro atoms. The van der Waals surface area contributed by atoms with Crippen LogP contribution in [0.4, 0.5) is 0 Å². The number of allylic oxidation sites excluding steroid dienone is 6. The van der Waals surface area contributed by atoms with Crippen LogP contribution in [0.15, 0.2) is 61.5 Å². The zero-order valence-corrected chi connectivity index (χ0v) is 18.4. The molecule has 0 aromatic carbocycles. The van der Waals surface area contributed by atoms with Crippen molar-refractivity contribution in [2.75, 3.05) is 0 Å². The van der Waals surface area contributed by atoms with Crippen LogP contribution in [-0.2, 0) is 6.42 Å². The summed E-state index contributed by atoms with van der Waals surface area (Å²) in [4.78, 5) is 4.80. The van der Waals surface area contributed by atoms with Crippen LogP contribution in [0.25, 0.3) is 11.2 Å². The maximum atomic E-state index is 6.48. The van der Waals surface area contributed by atoms with Crippen LogP contribution in [0.2, 0.25) is 0 Å². The van der Waals surface area contributed by atoms with Crippen molar-refractivity contribution < 1.29 is 0 Å². The Bertz CT molecular complexity index is 877. The van der Waals surface area contributed by atoms with E-state index in [-0.39, 0.29) is 5.54 Å². The molecule has 0 radical (unpaired) electrons. The zero-order valence-electron chi connectivity index (χ0n) is 18.4. The average Bonchev–Trinajstić information content (AvgIpc) is 3.21. The first-order valence-electron chi connectivity index (χ1n) is 10.8. The number of hydrogen-bond acceptors (Lipinski definition) is 3. The lowest BCUT2D eigenvalue weighted by Crippen LogP contribution is -2.52. The number of fused-ring (bicyclic) bond motifs is 1. The average molecular weight is 393 g/mol. The molecular weight excluding hydrogens is 356 g/mol. The molecule has 4 heteroatoms. The second-order valence-corrected chi connectivity index (χ2v) is 7.36. The Morgan fingerprint density at radius 1 is 1.28 bits per heavy atom. The van der Waals surface area contributed by atoms with Gasteiger partial charge < -0.3 is 5.73 Å². The quantitative estimate of drug-likeness (QED) is 0.658. The van der Waals surface area contributed by atoms with Gasteiger partial charge in [-0.3, -0.25) is 0 Å². The van der Waals surface area contributed by atoms with E-state index in [0.29, 0.717) is 5.92 Å². The van der Waals surface area contributed by atoms with Gasteiger partial charge >= 0.3 is 0 Å². The van der Waals surface area contributed by atoms with Crippen molar-refractivity contribution >= 4 is 11.2 Å². The molecule has 2 aliphatic rings. The molecule has 0 saturated heterocycles. The first-order valence-corrected chi connectivity index (χ1v) is 10.8. The van der Waals surface area contributed by atoms with Crippen LogP contribution in [0.1, 0.15) is 64.6 Å². The summed E-state index contributed by atoms with van der Waals surface area (Å²) in [6.07, 6.45) is 21.9. The molecule has 1 unspecified atom stereocenters. The Labute approximate surface area is 175 Å². The van der Waals surface area contributed by atoms with E-state index in [4.69, 9.17) is 10.7 Å². The molecule has 4 rings (SSSR count). The van der Waals surface area contributed by atoms with Gasteiger partial charge in [-0.1, -0.05) is 50.3 Å². The van der Waals surface area contributed by atoms with Gasteiger partial charge in [-0.15, -0.1) is 6.58 Å². The predicted molar refractivity (Wildman–Crippen MR) is 125 cm³/mol. The summed E-state index contributed by atoms with van der Waals surface area (Å²) in [5.74, 6) is 0.460. The first kappa shape index (κ1) is 22.8. The van der Waals surface area contributed by atoms with Crippen LogP contribution in [-0.4, -0.2) is 20.1 Å². The minimum absolute atomic E-state index is 0.0192. The number of nitrogens with two attached hydrogens (primary N) is 1. The Morgan fingerprint density at radius 3 is 2.52 bits per heavy atom. The van der Waals surface area contributed by atoms with Gasteiger partial charge in [0.15, 0.2) is 5.65 Å². The van der Waals surface area contributed by atoms with Gasteiger partial charge in [0.1, 0.15) is 0 Å². The van der Waals surface area contributed by atoms with Gasteiger partial charge in [0.25, 0.3) is 0 Å². The van der Waals surface area contributed by atoms with Crippen molar-refractivity contribution in [1.82, 2.24) is 14.6 Å². The third-order valence-electron chi connectivity index (χ3n) is 5.55. The number of hydrogen-bond donors (Lipinski definition) is 1. The van der Waals surface area contributed by atoms with E-state index < -0.39 is 0 Å². The monoisotopic (exact) mass is 392 g/mol. The lowest BCUT2D eigenvalue weighted by molar-refractivity contribution is 0.183. The molecule has 2 aromatic rings. The lowest BCUT2D eigenvalue weighted by Gasteiger charge is -2.44. The zero-order chi connectivity index (χ0) is 21.3. The number of rotatable bonds is 4. The fourth-order valence-corrected chi connectivity index (χ4v) is 3.62. The van der Waals surface area contributed by atoms with E-state index >= 15 is 0 Å². The highest BCUT2D eigenvalue weighted by atomic mass is 15.2. The summed E-state index contributed by atoms with van der Waals surface area (Å²) in [6.45, 7) is 11.9. The lowest BCUT2D eigenvalue weighted by atomic mass is 9.66. The summed E-state index contributed by atoms with van der Waals surface area (Å²) in [6, 6.07) is 1.93. The molecular formula is C25H36N4. The highest BCUT2D eigenvalue weighted by molar-refractivity contribution is 5.75. The smallest absolute Gasteiger partial charge is 0.155 e. The topological polar surface area (TPSA) is 56.2 Å². The molecule has 4 nitrogen and oxygen atoms in total. The van der Waals surface area contributed by atoms with Crippen molar-refractivity contribution in [1.29, 1.82) is 0 Å². The molecule has 156 valence electrons. The predicted octanol–water partition coefficient (Wildman–Crippen LogP) is 5.91. The normalized spacial score (nSPS) is 19.5. The summed E-state index contributed by atoms with van der Waals surface area (Å²) < 4.78 is 1.82. The van der Waals surface area contributed by atoms with Gasteiger partial charge in [-0.2, -0.15) is 5.10 Å². The number of nitrogens with zero attached hydrogens (tertiary/aromatic N) is 3. The fraction of sp³-hybridized carbons (Fsp3) is 0.440. The van der Waals surface area contributed by atoms with Crippen LogP contribution >= 0.6 is 0 Å². The Kier molecular flexibility index (Phi) is 8.59. The van der Waals surface area contributed by atoms with Crippen LogP contribution in [0.3, 0.4) is 0 Å². The van der Waals surface area contributed by atoms with Gasteiger partial charge in [0.2, 0.25) is 0 Å². The largest absolute Gasteiger partial charge is 0.325 e. The first-order chi connectivity index (χ1) is 14.1. The van der Waals surface area contributed by atoms with Crippen LogP contribution in [0.5, 0.6) is 0 Å². The third-order valence-corrected chi connectivity index (χ3v) is 5.55. The van der Waals surface area contributed by atoms with E-state index in [1.54, 1.807) is 6.20 Å². The van der Waals surface area contributed by atoms with Crippen molar-refractivity contribution in [3.63, 3.8) is 0 Å². The summed E-state index contributed by atoms with van der Waals surface area (Å²) in [7, 11) is 0. The molecule has 1 fully saturated rings. The van der Waals surface area contributed by atoms with Crippen LogP contribution < -0.4 is 5.73 Å². The standard InChI is InChI=1S/C19H22N4.C4H8.C2H6/c1-2-4-15-13-23-17(9-12-21-23)22-18(15)14-5-7-16(8-6-14)19(20)10-3-11-19;1-3-4-2;1-2/h2,5-7,9,12-13,16H,1,3-4,8,10-11,20H2;3-4H,1-2H3;1-2H3/b;4-3-;. The molecule has 1 atom stereocenters. The molecule has 29 heavy (non-hydrogen) atoms. The Hall–Kier alpha value is -2.46. The van der Waals surface area contributed by atoms with Gasteiger partial charge in [0.05, 0.1) is 11.9 Å². The molecule has 2 heterocycles. The molecule has 0 aliphatic heterocycles. The van der Waals surface area contributed by atoms with Gasteiger partial charge in [0, 0.05) is 23.4 Å². The van der Waals surface area contributed by atoms with E-state index in [0.717, 1.165) is 42.6 Å². The van der Waals surface area contributed by atoms with E-state index in [1.807, 2.05) is 56.5 Å². The van der Waals surface area contributed by atoms with Crippen LogP contribution in [0, 0.1) is 5.92 Å². The van der Waals surface area contributed by atoms with Crippen molar-refractivity contribution in [3.8, 4) is 0 Å². The Morgan fingerprint density at radius 2 is 2.00 bits per heavy atom. The summed E-state index contributed by atoms with van der Waals surface area (Å²) in [5.41, 5.74) is 10.7. The SMILES string of the molecule is C/C=C\C.C=CCc1cn2nccc2nc1C1=CCC(C2(N)CCC2)C=C1.CC. The van der Waals surface area contributed by atoms with E-state index in [2.05, 4.69) is 36.1 Å². The second kappa shape index (κ2) is 10.9. The van der Waals surface area contributed by atoms with E-state index in [1.165, 1.54) is 12.0 Å². The van der Waals surface area contributed by atoms with Crippen molar-refractivity contribution in [2.24, 2.45) is 11.7 Å². The van der Waals surface area contributed by atoms with Gasteiger partial charge in [-0.05, 0) is 57.4 Å². The minimum atomic E-state index is 0.0192. The minimum Gasteiger partial charge on any atom is -0.325 e. The summed E-state index contributed by atoms with van der Waals surface area (Å²) >= 11 is 0. The molecule has 2 aromatic heterocycles.